The molecule has 0 aliphatic heterocycles. The number of azo groups is 1. The molecule has 0 aliphatic rings. The molecule has 32 heavy (non-hydrogen) atoms. The highest BCUT2D eigenvalue weighted by molar-refractivity contribution is 7.86. The summed E-state index contributed by atoms with van der Waals surface area (Å²) >= 11 is 0. The fraction of sp³-hybridized carbons (Fsp3) is 0. The van der Waals surface area contributed by atoms with Crippen LogP contribution in [0.2, 0.25) is 0 Å². The number of benzene rings is 3. The molecular weight excluding hydrogens is 492 g/mol. The van der Waals surface area contributed by atoms with Crippen molar-refractivity contribution in [2.45, 2.75) is 14.7 Å². The van der Waals surface area contributed by atoms with E-state index in [9.17, 15) is 44.6 Å². The Morgan fingerprint density at radius 2 is 1.22 bits per heavy atom. The molecule has 0 saturated heterocycles. The van der Waals surface area contributed by atoms with E-state index in [0.29, 0.717) is 0 Å². The summed E-state index contributed by atoms with van der Waals surface area (Å²) in [6.07, 6.45) is 0. The first-order valence-corrected chi connectivity index (χ1v) is 12.4. The molecule has 13 nitrogen and oxygen atoms in total. The number of phenols is 2. The van der Waals surface area contributed by atoms with Gasteiger partial charge in [-0.2, -0.15) is 25.3 Å². The average molecular weight is 504 g/mol. The summed E-state index contributed by atoms with van der Waals surface area (Å²) in [6, 6.07) is 6.01. The Labute approximate surface area is 180 Å². The molecule has 0 aliphatic carbocycles. The molecule has 0 unspecified atom stereocenters. The third kappa shape index (κ3) is 4.69. The van der Waals surface area contributed by atoms with Crippen LogP contribution in [-0.2, 0) is 30.4 Å². The largest absolute Gasteiger partial charge is 0.506 e. The Hall–Kier alpha value is -3.15. The topological polar surface area (TPSA) is 228 Å². The number of rotatable bonds is 5. The summed E-state index contributed by atoms with van der Waals surface area (Å²) in [5.74, 6) is -1.68. The van der Waals surface area contributed by atoms with E-state index in [2.05, 4.69) is 10.2 Å². The quantitative estimate of drug-likeness (QED) is 0.250. The van der Waals surface area contributed by atoms with E-state index in [-0.39, 0.29) is 10.8 Å². The van der Waals surface area contributed by atoms with E-state index in [1.807, 2.05) is 0 Å². The second-order valence-corrected chi connectivity index (χ2v) is 10.5. The average Bonchev–Trinajstić information content (AvgIpc) is 2.65. The standard InChI is InChI=1S/C16H12N2O11S3/c19-13-4-2-10(31(24,25)26)7-12(13)17-18-15-11-3-1-9(30(21,22)23)5-8(11)6-14(16(15)20)32(27,28)29/h1-7,19-20H,(H,21,22,23)(H,24,25,26)(H,27,28,29). The van der Waals surface area contributed by atoms with Gasteiger partial charge in [-0.05, 0) is 41.8 Å². The minimum atomic E-state index is -5.04. The van der Waals surface area contributed by atoms with Crippen LogP contribution in [0, 0.1) is 0 Å². The third-order valence-corrected chi connectivity index (χ3v) is 6.67. The summed E-state index contributed by atoms with van der Waals surface area (Å²) < 4.78 is 96.2. The molecule has 0 fully saturated rings. The summed E-state index contributed by atoms with van der Waals surface area (Å²) in [7, 11) is -14.4. The lowest BCUT2D eigenvalue weighted by Gasteiger charge is -2.09. The maximum absolute atomic E-state index is 11.6. The van der Waals surface area contributed by atoms with E-state index in [1.165, 1.54) is 0 Å². The van der Waals surface area contributed by atoms with Crippen LogP contribution in [0.5, 0.6) is 11.5 Å². The maximum Gasteiger partial charge on any atom is 0.298 e. The van der Waals surface area contributed by atoms with Gasteiger partial charge in [0.15, 0.2) is 5.75 Å². The Bertz CT molecular complexity index is 1610. The van der Waals surface area contributed by atoms with Gasteiger partial charge in [-0.1, -0.05) is 6.07 Å². The maximum atomic E-state index is 11.6. The van der Waals surface area contributed by atoms with Crippen LogP contribution >= 0.6 is 0 Å². The zero-order valence-corrected chi connectivity index (χ0v) is 17.8. The molecule has 0 heterocycles. The lowest BCUT2D eigenvalue weighted by atomic mass is 10.1. The van der Waals surface area contributed by atoms with Crippen LogP contribution in [0.1, 0.15) is 0 Å². The highest BCUT2D eigenvalue weighted by atomic mass is 32.2. The van der Waals surface area contributed by atoms with Crippen LogP contribution in [0.3, 0.4) is 0 Å². The van der Waals surface area contributed by atoms with E-state index in [1.54, 1.807) is 0 Å². The van der Waals surface area contributed by atoms with Crippen LogP contribution in [-0.4, -0.2) is 49.1 Å². The molecule has 16 heteroatoms. The van der Waals surface area contributed by atoms with Crippen molar-refractivity contribution < 1.29 is 49.1 Å². The second-order valence-electron chi connectivity index (χ2n) is 6.23. The SMILES string of the molecule is O=S(=O)(O)c1ccc(O)c(N=Nc2c(O)c(S(=O)(=O)O)cc3cc(S(=O)(=O)O)ccc23)c1. The van der Waals surface area contributed by atoms with Crippen molar-refractivity contribution in [1.82, 2.24) is 0 Å². The van der Waals surface area contributed by atoms with E-state index < -0.39 is 67.9 Å². The first-order chi connectivity index (χ1) is 14.6. The monoisotopic (exact) mass is 504 g/mol. The predicted octanol–water partition coefficient (Wildman–Crippen LogP) is 2.41. The van der Waals surface area contributed by atoms with Crippen molar-refractivity contribution in [3.8, 4) is 11.5 Å². The lowest BCUT2D eigenvalue weighted by Crippen LogP contribution is -2.00. The van der Waals surface area contributed by atoms with Crippen molar-refractivity contribution in [2.75, 3.05) is 0 Å². The van der Waals surface area contributed by atoms with E-state index >= 15 is 0 Å². The van der Waals surface area contributed by atoms with Crippen LogP contribution < -0.4 is 0 Å². The normalized spacial score (nSPS) is 13.1. The number of nitrogens with zero attached hydrogens (tertiary/aromatic N) is 2. The van der Waals surface area contributed by atoms with Crippen molar-refractivity contribution in [3.63, 3.8) is 0 Å². The smallest absolute Gasteiger partial charge is 0.298 e. The van der Waals surface area contributed by atoms with Gasteiger partial charge in [0.1, 0.15) is 22.0 Å². The molecule has 3 rings (SSSR count). The molecule has 170 valence electrons. The van der Waals surface area contributed by atoms with Gasteiger partial charge in [0.25, 0.3) is 30.4 Å². The lowest BCUT2D eigenvalue weighted by molar-refractivity contribution is 0.444. The highest BCUT2D eigenvalue weighted by Gasteiger charge is 2.23. The van der Waals surface area contributed by atoms with E-state index in [0.717, 1.165) is 42.5 Å². The first-order valence-electron chi connectivity index (χ1n) is 8.06. The Morgan fingerprint density at radius 3 is 1.78 bits per heavy atom. The molecule has 0 radical (unpaired) electrons. The Morgan fingerprint density at radius 1 is 0.656 bits per heavy atom. The molecule has 0 saturated carbocycles. The van der Waals surface area contributed by atoms with Crippen LogP contribution in [0.15, 0.2) is 67.4 Å². The van der Waals surface area contributed by atoms with E-state index in [4.69, 9.17) is 4.55 Å². The summed E-state index contributed by atoms with van der Waals surface area (Å²) in [5.41, 5.74) is -1.10. The van der Waals surface area contributed by atoms with Crippen LogP contribution in [0.4, 0.5) is 11.4 Å². The minimum Gasteiger partial charge on any atom is -0.506 e. The van der Waals surface area contributed by atoms with Crippen molar-refractivity contribution in [2.24, 2.45) is 10.2 Å². The molecule has 3 aromatic rings. The Kier molecular flexibility index (Phi) is 5.71. The summed E-state index contributed by atoms with van der Waals surface area (Å²) in [4.78, 5) is -2.34. The van der Waals surface area contributed by atoms with Gasteiger partial charge in [-0.3, -0.25) is 13.7 Å². The third-order valence-electron chi connectivity index (χ3n) is 4.10. The molecule has 0 spiro atoms. The number of fused-ring (bicyclic) bond motifs is 1. The molecular formula is C16H12N2O11S3. The first kappa shape index (κ1) is 23.5. The summed E-state index contributed by atoms with van der Waals surface area (Å²) in [5, 5.41) is 27.0. The van der Waals surface area contributed by atoms with Gasteiger partial charge in [-0.15, -0.1) is 10.2 Å². The number of hydrogen-bond donors (Lipinski definition) is 5. The minimum absolute atomic E-state index is 0.0866. The van der Waals surface area contributed by atoms with Gasteiger partial charge >= 0.3 is 0 Å². The summed E-state index contributed by atoms with van der Waals surface area (Å²) in [6.45, 7) is 0. The molecule has 3 aromatic carbocycles. The molecule has 0 aromatic heterocycles. The van der Waals surface area contributed by atoms with Gasteiger partial charge in [-0.25, -0.2) is 0 Å². The van der Waals surface area contributed by atoms with Crippen molar-refractivity contribution >= 4 is 52.5 Å². The Balaban J connectivity index is 2.32. The fourth-order valence-electron chi connectivity index (χ4n) is 2.64. The highest BCUT2D eigenvalue weighted by Crippen LogP contribution is 2.42. The van der Waals surface area contributed by atoms with Gasteiger partial charge < -0.3 is 10.2 Å². The molecule has 0 atom stereocenters. The zero-order valence-electron chi connectivity index (χ0n) is 15.3. The van der Waals surface area contributed by atoms with Crippen LogP contribution in [0.25, 0.3) is 10.8 Å². The molecule has 0 amide bonds. The second kappa shape index (κ2) is 7.76. The number of aromatic hydroxyl groups is 2. The number of hydrogen-bond acceptors (Lipinski definition) is 10. The van der Waals surface area contributed by atoms with Crippen molar-refractivity contribution in [3.05, 3.63) is 42.5 Å². The zero-order chi connectivity index (χ0) is 24.1. The van der Waals surface area contributed by atoms with Gasteiger partial charge in [0.2, 0.25) is 0 Å². The predicted molar refractivity (Wildman–Crippen MR) is 107 cm³/mol. The number of phenolic OH excluding ortho intramolecular Hbond substituents is 2. The molecule has 0 bridgehead atoms. The van der Waals surface area contributed by atoms with Gasteiger partial charge in [0, 0.05) is 5.39 Å². The molecule has 5 N–H and O–H groups in total. The fourth-order valence-corrected chi connectivity index (χ4v) is 4.27. The van der Waals surface area contributed by atoms with Crippen molar-refractivity contribution in [1.29, 1.82) is 0 Å². The van der Waals surface area contributed by atoms with Gasteiger partial charge in [0.05, 0.1) is 9.79 Å².